The Morgan fingerprint density at radius 1 is 1.08 bits per heavy atom. The first-order chi connectivity index (χ1) is 12.6. The summed E-state index contributed by atoms with van der Waals surface area (Å²) in [4.78, 5) is 14.9. The Labute approximate surface area is 155 Å². The normalized spacial score (nSPS) is 16.6. The Morgan fingerprint density at radius 2 is 1.81 bits per heavy atom. The number of carbonyl (C=O) groups is 1. The van der Waals surface area contributed by atoms with Gasteiger partial charge in [0, 0.05) is 13.0 Å². The molecule has 0 N–H and O–H groups in total. The predicted molar refractivity (Wildman–Crippen MR) is 103 cm³/mol. The van der Waals surface area contributed by atoms with Crippen molar-refractivity contribution in [2.24, 2.45) is 0 Å². The van der Waals surface area contributed by atoms with Crippen molar-refractivity contribution < 1.29 is 14.3 Å². The molecule has 1 saturated heterocycles. The summed E-state index contributed by atoms with van der Waals surface area (Å²) in [6, 6.07) is 14.6. The molecular weight excluding hydrogens is 326 g/mol. The molecule has 2 aromatic rings. The van der Waals surface area contributed by atoms with Crippen LogP contribution in [-0.2, 0) is 11.2 Å². The predicted octanol–water partition coefficient (Wildman–Crippen LogP) is 4.31. The molecule has 1 unspecified atom stereocenters. The molecule has 1 amide bonds. The molecule has 0 saturated carbocycles. The van der Waals surface area contributed by atoms with E-state index < -0.39 is 0 Å². The zero-order valence-corrected chi connectivity index (χ0v) is 15.8. The van der Waals surface area contributed by atoms with Crippen molar-refractivity contribution in [1.29, 1.82) is 0 Å². The Kier molecular flexibility index (Phi) is 5.82. The average Bonchev–Trinajstić information content (AvgIpc) is 3.16. The van der Waals surface area contributed by atoms with Gasteiger partial charge >= 0.3 is 0 Å². The lowest BCUT2D eigenvalue weighted by molar-refractivity contribution is -0.132. The van der Waals surface area contributed by atoms with E-state index in [9.17, 15) is 4.79 Å². The van der Waals surface area contributed by atoms with Crippen molar-refractivity contribution in [2.75, 3.05) is 20.8 Å². The number of amides is 1. The van der Waals surface area contributed by atoms with Crippen molar-refractivity contribution >= 4 is 5.91 Å². The molecule has 1 atom stereocenters. The number of nitrogens with zero attached hydrogens (tertiary/aromatic N) is 1. The highest BCUT2D eigenvalue weighted by atomic mass is 16.5. The first-order valence-corrected chi connectivity index (χ1v) is 9.19. The van der Waals surface area contributed by atoms with E-state index in [4.69, 9.17) is 9.47 Å². The van der Waals surface area contributed by atoms with Crippen molar-refractivity contribution in [3.63, 3.8) is 0 Å². The molecule has 3 rings (SSSR count). The zero-order valence-electron chi connectivity index (χ0n) is 15.8. The molecule has 0 radical (unpaired) electrons. The van der Waals surface area contributed by atoms with Crippen LogP contribution in [0.15, 0.2) is 42.5 Å². The molecule has 138 valence electrons. The highest BCUT2D eigenvalue weighted by Gasteiger charge is 2.29. The molecule has 1 heterocycles. The molecule has 26 heavy (non-hydrogen) atoms. The van der Waals surface area contributed by atoms with E-state index in [1.54, 1.807) is 14.2 Å². The number of methoxy groups -OCH3 is 2. The number of benzene rings is 2. The summed E-state index contributed by atoms with van der Waals surface area (Å²) in [5.74, 6) is 1.64. The number of hydrogen-bond donors (Lipinski definition) is 0. The fourth-order valence-electron chi connectivity index (χ4n) is 3.63. The molecule has 1 fully saturated rings. The third-order valence-corrected chi connectivity index (χ3v) is 5.11. The SMILES string of the molecule is COc1ccc(CCC(=O)N2CCCC2c2ccc(C)cc2)cc1OC. The van der Waals surface area contributed by atoms with Crippen LogP contribution in [0.4, 0.5) is 0 Å². The third-order valence-electron chi connectivity index (χ3n) is 5.11. The first kappa shape index (κ1) is 18.3. The van der Waals surface area contributed by atoms with Gasteiger partial charge in [-0.2, -0.15) is 0 Å². The van der Waals surface area contributed by atoms with Crippen LogP contribution in [0.2, 0.25) is 0 Å². The second-order valence-electron chi connectivity index (χ2n) is 6.85. The molecule has 0 spiro atoms. The Bertz CT molecular complexity index is 754. The van der Waals surface area contributed by atoms with E-state index in [0.29, 0.717) is 24.3 Å². The highest BCUT2D eigenvalue weighted by Crippen LogP contribution is 2.33. The minimum atomic E-state index is 0.216. The lowest BCUT2D eigenvalue weighted by Gasteiger charge is -2.25. The Balaban J connectivity index is 1.65. The topological polar surface area (TPSA) is 38.8 Å². The molecule has 1 aliphatic rings. The van der Waals surface area contributed by atoms with E-state index in [2.05, 4.69) is 31.2 Å². The van der Waals surface area contributed by atoms with Crippen LogP contribution >= 0.6 is 0 Å². The van der Waals surface area contributed by atoms with Crippen molar-refractivity contribution in [1.82, 2.24) is 4.90 Å². The molecule has 1 aliphatic heterocycles. The van der Waals surface area contributed by atoms with Crippen LogP contribution in [0.25, 0.3) is 0 Å². The van der Waals surface area contributed by atoms with Gasteiger partial charge in [-0.15, -0.1) is 0 Å². The minimum absolute atomic E-state index is 0.216. The molecule has 0 bridgehead atoms. The van der Waals surface area contributed by atoms with Crippen LogP contribution < -0.4 is 9.47 Å². The number of likely N-dealkylation sites (tertiary alicyclic amines) is 1. The van der Waals surface area contributed by atoms with Gasteiger partial charge in [0.2, 0.25) is 5.91 Å². The fourth-order valence-corrected chi connectivity index (χ4v) is 3.63. The molecule has 0 aliphatic carbocycles. The quantitative estimate of drug-likeness (QED) is 0.777. The standard InChI is InChI=1S/C22H27NO3/c1-16-6-10-18(11-7-16)19-5-4-14-23(19)22(24)13-9-17-8-12-20(25-2)21(15-17)26-3/h6-8,10-12,15,19H,4-5,9,13-14H2,1-3H3. The lowest BCUT2D eigenvalue weighted by atomic mass is 10.0. The Morgan fingerprint density at radius 3 is 2.50 bits per heavy atom. The van der Waals surface area contributed by atoms with Crippen LogP contribution in [0, 0.1) is 6.92 Å². The Hall–Kier alpha value is -2.49. The molecule has 4 heteroatoms. The monoisotopic (exact) mass is 353 g/mol. The smallest absolute Gasteiger partial charge is 0.223 e. The first-order valence-electron chi connectivity index (χ1n) is 9.19. The summed E-state index contributed by atoms with van der Waals surface area (Å²) in [6.45, 7) is 2.94. The second-order valence-corrected chi connectivity index (χ2v) is 6.85. The van der Waals surface area contributed by atoms with E-state index >= 15 is 0 Å². The van der Waals surface area contributed by atoms with E-state index in [1.807, 2.05) is 23.1 Å². The third kappa shape index (κ3) is 4.01. The molecule has 2 aromatic carbocycles. The number of hydrogen-bond acceptors (Lipinski definition) is 3. The summed E-state index contributed by atoms with van der Waals surface area (Å²) in [7, 11) is 3.25. The van der Waals surface area contributed by atoms with Crippen LogP contribution in [0.5, 0.6) is 11.5 Å². The fraction of sp³-hybridized carbons (Fsp3) is 0.409. The van der Waals surface area contributed by atoms with E-state index in [0.717, 1.165) is 24.9 Å². The van der Waals surface area contributed by atoms with Crippen LogP contribution in [0.3, 0.4) is 0 Å². The summed E-state index contributed by atoms with van der Waals surface area (Å²) in [5, 5.41) is 0. The van der Waals surface area contributed by atoms with Gasteiger partial charge in [-0.1, -0.05) is 35.9 Å². The number of rotatable bonds is 6. The maximum atomic E-state index is 12.8. The molecular formula is C22H27NO3. The van der Waals surface area contributed by atoms with Crippen LogP contribution in [-0.4, -0.2) is 31.6 Å². The van der Waals surface area contributed by atoms with Gasteiger partial charge in [0.1, 0.15) is 0 Å². The number of carbonyl (C=O) groups excluding carboxylic acids is 1. The lowest BCUT2D eigenvalue weighted by Crippen LogP contribution is -2.30. The number of ether oxygens (including phenoxy) is 2. The maximum Gasteiger partial charge on any atom is 0.223 e. The average molecular weight is 353 g/mol. The van der Waals surface area contributed by atoms with Gasteiger partial charge < -0.3 is 14.4 Å². The zero-order chi connectivity index (χ0) is 18.5. The van der Waals surface area contributed by atoms with Crippen molar-refractivity contribution in [2.45, 2.75) is 38.6 Å². The largest absolute Gasteiger partial charge is 0.493 e. The summed E-state index contributed by atoms with van der Waals surface area (Å²) >= 11 is 0. The summed E-state index contributed by atoms with van der Waals surface area (Å²) < 4.78 is 10.6. The highest BCUT2D eigenvalue weighted by molar-refractivity contribution is 5.77. The molecule has 0 aromatic heterocycles. The van der Waals surface area contributed by atoms with Gasteiger partial charge in [0.25, 0.3) is 0 Å². The van der Waals surface area contributed by atoms with Gasteiger partial charge in [-0.3, -0.25) is 4.79 Å². The maximum absolute atomic E-state index is 12.8. The minimum Gasteiger partial charge on any atom is -0.493 e. The number of aryl methyl sites for hydroxylation is 2. The van der Waals surface area contributed by atoms with Gasteiger partial charge in [0.05, 0.1) is 20.3 Å². The van der Waals surface area contributed by atoms with Gasteiger partial charge in [-0.25, -0.2) is 0 Å². The summed E-state index contributed by atoms with van der Waals surface area (Å²) in [6.07, 6.45) is 3.33. The molecule has 4 nitrogen and oxygen atoms in total. The van der Waals surface area contributed by atoms with Crippen LogP contribution in [0.1, 0.15) is 42.0 Å². The van der Waals surface area contributed by atoms with Gasteiger partial charge in [0.15, 0.2) is 11.5 Å². The van der Waals surface area contributed by atoms with Gasteiger partial charge in [-0.05, 0) is 49.4 Å². The van der Waals surface area contributed by atoms with E-state index in [-0.39, 0.29) is 11.9 Å². The summed E-state index contributed by atoms with van der Waals surface area (Å²) in [5.41, 5.74) is 3.58. The van der Waals surface area contributed by atoms with Crippen molar-refractivity contribution in [3.8, 4) is 11.5 Å². The van der Waals surface area contributed by atoms with E-state index in [1.165, 1.54) is 11.1 Å². The van der Waals surface area contributed by atoms with Crippen molar-refractivity contribution in [3.05, 3.63) is 59.2 Å². The second kappa shape index (κ2) is 8.26.